The van der Waals surface area contributed by atoms with E-state index >= 15 is 0 Å². The first kappa shape index (κ1) is 20.0. The third-order valence-corrected chi connectivity index (χ3v) is 6.56. The van der Waals surface area contributed by atoms with Gasteiger partial charge < -0.3 is 9.42 Å². The van der Waals surface area contributed by atoms with Crippen LogP contribution in [0.15, 0.2) is 34.9 Å². The van der Waals surface area contributed by atoms with Gasteiger partial charge in [-0.2, -0.15) is 10.1 Å². The predicted molar refractivity (Wildman–Crippen MR) is 116 cm³/mol. The van der Waals surface area contributed by atoms with Crippen molar-refractivity contribution >= 4 is 5.91 Å². The molecular formula is C24H29N5O2. The standard InChI is InChI=1S/C24H29N5O2/c1-15-11-20(15)24(30)28-10-5-4-9-21(28)23-25-22(27-31-23)19-8-6-7-18(13-19)14-29-17(3)12-16(2)26-29/h6-8,12-13,15,20-21H,4-5,9-11,14H2,1-3H3/t15-,20-,21+/m1/s1. The van der Waals surface area contributed by atoms with E-state index < -0.39 is 0 Å². The van der Waals surface area contributed by atoms with Crippen molar-refractivity contribution in [3.63, 3.8) is 0 Å². The lowest BCUT2D eigenvalue weighted by Gasteiger charge is -2.33. The van der Waals surface area contributed by atoms with Gasteiger partial charge in [0.05, 0.1) is 12.2 Å². The monoisotopic (exact) mass is 419 g/mol. The van der Waals surface area contributed by atoms with Gasteiger partial charge in [0.2, 0.25) is 17.6 Å². The van der Waals surface area contributed by atoms with Crippen LogP contribution >= 0.6 is 0 Å². The molecule has 2 fully saturated rings. The summed E-state index contributed by atoms with van der Waals surface area (Å²) in [6.45, 7) is 7.69. The summed E-state index contributed by atoms with van der Waals surface area (Å²) < 4.78 is 7.67. The first-order chi connectivity index (χ1) is 15.0. The molecule has 1 saturated carbocycles. The summed E-state index contributed by atoms with van der Waals surface area (Å²) in [5.74, 6) is 2.06. The van der Waals surface area contributed by atoms with E-state index in [2.05, 4.69) is 42.3 Å². The number of piperidine rings is 1. The van der Waals surface area contributed by atoms with E-state index in [4.69, 9.17) is 9.51 Å². The van der Waals surface area contributed by atoms with Crippen LogP contribution in [0.2, 0.25) is 0 Å². The van der Waals surface area contributed by atoms with Crippen molar-refractivity contribution in [2.24, 2.45) is 11.8 Å². The van der Waals surface area contributed by atoms with Crippen molar-refractivity contribution in [1.29, 1.82) is 0 Å². The van der Waals surface area contributed by atoms with Crippen LogP contribution in [0.3, 0.4) is 0 Å². The molecule has 1 aromatic carbocycles. The zero-order valence-corrected chi connectivity index (χ0v) is 18.4. The number of amides is 1. The second-order valence-electron chi connectivity index (χ2n) is 9.10. The Balaban J connectivity index is 1.36. The van der Waals surface area contributed by atoms with Gasteiger partial charge in [-0.1, -0.05) is 30.3 Å². The number of aromatic nitrogens is 4. The third-order valence-electron chi connectivity index (χ3n) is 6.56. The fourth-order valence-electron chi connectivity index (χ4n) is 4.64. The molecule has 0 radical (unpaired) electrons. The lowest BCUT2D eigenvalue weighted by atomic mass is 10.0. The first-order valence-electron chi connectivity index (χ1n) is 11.2. The normalized spacial score (nSPS) is 23.2. The predicted octanol–water partition coefficient (Wildman–Crippen LogP) is 4.31. The number of carbonyl (C=O) groups excluding carboxylic acids is 1. The van der Waals surface area contributed by atoms with Crippen molar-refractivity contribution in [3.8, 4) is 11.4 Å². The zero-order valence-electron chi connectivity index (χ0n) is 18.4. The highest BCUT2D eigenvalue weighted by Gasteiger charge is 2.44. The highest BCUT2D eigenvalue weighted by molar-refractivity contribution is 5.82. The number of likely N-dealkylation sites (tertiary alicyclic amines) is 1. The van der Waals surface area contributed by atoms with Crippen LogP contribution in [0.25, 0.3) is 11.4 Å². The Morgan fingerprint density at radius 2 is 2.06 bits per heavy atom. The molecule has 3 atom stereocenters. The number of rotatable bonds is 5. The molecule has 3 heterocycles. The number of carbonyl (C=O) groups is 1. The molecule has 7 nitrogen and oxygen atoms in total. The second kappa shape index (κ2) is 7.94. The molecule has 3 aromatic rings. The van der Waals surface area contributed by atoms with E-state index in [1.165, 1.54) is 0 Å². The Hall–Kier alpha value is -2.96. The molecule has 2 aliphatic rings. The van der Waals surface area contributed by atoms with Gasteiger partial charge in [0.1, 0.15) is 6.04 Å². The number of aryl methyl sites for hydroxylation is 2. The SMILES string of the molecule is Cc1cc(C)n(Cc2cccc(-c3noc([C@@H]4CCCCN4C(=O)[C@@H]4C[C@H]4C)n3)c2)n1. The van der Waals surface area contributed by atoms with Gasteiger partial charge in [0.25, 0.3) is 0 Å². The number of benzene rings is 1. The maximum absolute atomic E-state index is 12.9. The summed E-state index contributed by atoms with van der Waals surface area (Å²) in [7, 11) is 0. The van der Waals surface area contributed by atoms with Gasteiger partial charge in [-0.05, 0) is 63.1 Å². The molecule has 0 N–H and O–H groups in total. The molecule has 7 heteroatoms. The van der Waals surface area contributed by atoms with Crippen molar-refractivity contribution < 1.29 is 9.32 Å². The lowest BCUT2D eigenvalue weighted by Crippen LogP contribution is -2.39. The van der Waals surface area contributed by atoms with E-state index in [9.17, 15) is 4.79 Å². The lowest BCUT2D eigenvalue weighted by molar-refractivity contribution is -0.137. The molecule has 1 aliphatic carbocycles. The second-order valence-corrected chi connectivity index (χ2v) is 9.10. The number of nitrogens with zero attached hydrogens (tertiary/aromatic N) is 5. The van der Waals surface area contributed by atoms with Crippen molar-refractivity contribution in [2.75, 3.05) is 6.54 Å². The van der Waals surface area contributed by atoms with Crippen LogP contribution in [0, 0.1) is 25.7 Å². The van der Waals surface area contributed by atoms with Gasteiger partial charge in [0, 0.05) is 23.7 Å². The molecular weight excluding hydrogens is 390 g/mol. The molecule has 0 spiro atoms. The Kier molecular flexibility index (Phi) is 5.12. The number of hydrogen-bond donors (Lipinski definition) is 0. The van der Waals surface area contributed by atoms with E-state index in [1.54, 1.807) is 0 Å². The van der Waals surface area contributed by atoms with Crippen molar-refractivity contribution in [1.82, 2.24) is 24.8 Å². The molecule has 0 bridgehead atoms. The molecule has 1 saturated heterocycles. The van der Waals surface area contributed by atoms with Crippen LogP contribution in [0.1, 0.15) is 61.5 Å². The van der Waals surface area contributed by atoms with Crippen LogP contribution in [-0.2, 0) is 11.3 Å². The van der Waals surface area contributed by atoms with Crippen LogP contribution < -0.4 is 0 Å². The van der Waals surface area contributed by atoms with Crippen LogP contribution in [-0.4, -0.2) is 37.3 Å². The van der Waals surface area contributed by atoms with Crippen molar-refractivity contribution in [2.45, 2.75) is 59.0 Å². The van der Waals surface area contributed by atoms with Crippen molar-refractivity contribution in [3.05, 3.63) is 53.2 Å². The summed E-state index contributed by atoms with van der Waals surface area (Å²) in [4.78, 5) is 19.6. The average Bonchev–Trinajstić information content (AvgIpc) is 3.16. The molecule has 0 unspecified atom stereocenters. The van der Waals surface area contributed by atoms with Gasteiger partial charge in [-0.15, -0.1) is 0 Å². The maximum atomic E-state index is 12.9. The van der Waals surface area contributed by atoms with Crippen LogP contribution in [0.5, 0.6) is 0 Å². The Morgan fingerprint density at radius 1 is 1.23 bits per heavy atom. The molecule has 1 amide bonds. The topological polar surface area (TPSA) is 77.0 Å². The van der Waals surface area contributed by atoms with Gasteiger partial charge in [0.15, 0.2) is 0 Å². The minimum absolute atomic E-state index is 0.104. The summed E-state index contributed by atoms with van der Waals surface area (Å²) in [6.07, 6.45) is 3.99. The Bertz CT molecular complexity index is 1100. The van der Waals surface area contributed by atoms with E-state index in [1.807, 2.05) is 28.6 Å². The highest BCUT2D eigenvalue weighted by atomic mass is 16.5. The fourth-order valence-corrected chi connectivity index (χ4v) is 4.64. The van der Waals surface area contributed by atoms with Crippen LogP contribution in [0.4, 0.5) is 0 Å². The molecule has 1 aliphatic heterocycles. The average molecular weight is 420 g/mol. The summed E-state index contributed by atoms with van der Waals surface area (Å²) in [6, 6.07) is 10.1. The largest absolute Gasteiger partial charge is 0.337 e. The molecule has 5 rings (SSSR count). The highest BCUT2D eigenvalue weighted by Crippen LogP contribution is 2.42. The molecule has 162 valence electrons. The molecule has 31 heavy (non-hydrogen) atoms. The number of hydrogen-bond acceptors (Lipinski definition) is 5. The quantitative estimate of drug-likeness (QED) is 0.616. The summed E-state index contributed by atoms with van der Waals surface area (Å²) >= 11 is 0. The summed E-state index contributed by atoms with van der Waals surface area (Å²) in [5.41, 5.74) is 4.20. The minimum atomic E-state index is -0.104. The Labute approximate surface area is 182 Å². The van der Waals surface area contributed by atoms with Gasteiger partial charge in [-0.3, -0.25) is 9.48 Å². The molecule has 2 aromatic heterocycles. The minimum Gasteiger partial charge on any atom is -0.337 e. The fraction of sp³-hybridized carbons (Fsp3) is 0.500. The Morgan fingerprint density at radius 3 is 2.81 bits per heavy atom. The van der Waals surface area contributed by atoms with Gasteiger partial charge >= 0.3 is 0 Å². The first-order valence-corrected chi connectivity index (χ1v) is 11.2. The van der Waals surface area contributed by atoms with Gasteiger partial charge in [-0.25, -0.2) is 0 Å². The van der Waals surface area contributed by atoms with E-state index in [0.29, 0.717) is 24.2 Å². The third kappa shape index (κ3) is 4.01. The summed E-state index contributed by atoms with van der Waals surface area (Å²) in [5, 5.41) is 8.81. The smallest absolute Gasteiger partial charge is 0.249 e. The zero-order chi connectivity index (χ0) is 21.5. The van der Waals surface area contributed by atoms with E-state index in [-0.39, 0.29) is 17.9 Å². The van der Waals surface area contributed by atoms with E-state index in [0.717, 1.165) is 54.7 Å². The maximum Gasteiger partial charge on any atom is 0.249 e.